The Morgan fingerprint density at radius 1 is 0.722 bits per heavy atom. The number of benzene rings is 2. The molecule has 7 rings (SSSR count). The minimum Gasteiger partial charge on any atom is -0.384 e. The van der Waals surface area contributed by atoms with Crippen molar-refractivity contribution in [2.45, 2.75) is 24.5 Å². The number of aliphatic hydroxyl groups is 2. The molecule has 2 aromatic carbocycles. The van der Waals surface area contributed by atoms with Crippen LogP contribution in [0.1, 0.15) is 12.3 Å². The molecule has 1 saturated heterocycles. The molecule has 7 nitrogen and oxygen atoms in total. The van der Waals surface area contributed by atoms with Crippen LogP contribution in [0.15, 0.2) is 73.3 Å². The molecule has 0 aliphatic carbocycles. The highest BCUT2D eigenvalue weighted by Crippen LogP contribution is 2.31. The van der Waals surface area contributed by atoms with Gasteiger partial charge in [-0.25, -0.2) is 0 Å². The highest BCUT2D eigenvalue weighted by molar-refractivity contribution is 6.32. The number of pyridine rings is 2. The second-order valence-corrected chi connectivity index (χ2v) is 10.2. The van der Waals surface area contributed by atoms with Gasteiger partial charge in [0.15, 0.2) is 24.8 Å². The maximum Gasteiger partial charge on any atom is 0.295 e. The van der Waals surface area contributed by atoms with Gasteiger partial charge < -0.3 is 24.9 Å². The molecule has 9 heteroatoms. The summed E-state index contributed by atoms with van der Waals surface area (Å²) in [6.07, 6.45) is 5.04. The van der Waals surface area contributed by atoms with Gasteiger partial charge in [0, 0.05) is 54.8 Å². The van der Waals surface area contributed by atoms with Crippen LogP contribution in [0.25, 0.3) is 43.6 Å². The molecule has 1 aliphatic heterocycles. The number of fused-ring (bicyclic) bond motifs is 6. The summed E-state index contributed by atoms with van der Waals surface area (Å²) in [6, 6.07) is 14.8. The zero-order chi connectivity index (χ0) is 24.6. The Labute approximate surface area is 215 Å². The summed E-state index contributed by atoms with van der Waals surface area (Å²) < 4.78 is 9.62. The minimum absolute atomic E-state index is 0.0904. The van der Waals surface area contributed by atoms with Crippen LogP contribution in [0.2, 0.25) is 10.0 Å². The van der Waals surface area contributed by atoms with Crippen LogP contribution in [0, 0.1) is 0 Å². The highest BCUT2D eigenvalue weighted by Gasteiger charge is 2.49. The number of nitrogens with zero attached hydrogens (tertiary/aromatic N) is 2. The average Bonchev–Trinajstić information content (AvgIpc) is 3.40. The highest BCUT2D eigenvalue weighted by atomic mass is 35.5. The Morgan fingerprint density at radius 2 is 1.28 bits per heavy atom. The van der Waals surface area contributed by atoms with Gasteiger partial charge in [-0.3, -0.25) is 0 Å². The Balaban J connectivity index is 1.27. The summed E-state index contributed by atoms with van der Waals surface area (Å²) in [4.78, 5) is 6.80. The summed E-state index contributed by atoms with van der Waals surface area (Å²) in [5.74, 6) is 0. The number of nitrogens with one attached hydrogen (secondary N) is 2. The van der Waals surface area contributed by atoms with Crippen molar-refractivity contribution in [2.24, 2.45) is 0 Å². The van der Waals surface area contributed by atoms with Crippen molar-refractivity contribution in [3.05, 3.63) is 83.4 Å². The van der Waals surface area contributed by atoms with Gasteiger partial charge in [-0.15, -0.1) is 0 Å². The fourth-order valence-corrected chi connectivity index (χ4v) is 5.80. The lowest BCUT2D eigenvalue weighted by Crippen LogP contribution is -2.63. The number of aromatic nitrogens is 4. The average molecular weight is 521 g/mol. The molecule has 1 fully saturated rings. The Bertz CT molecular complexity index is 1800. The predicted octanol–water partition coefficient (Wildman–Crippen LogP) is 4.33. The quantitative estimate of drug-likeness (QED) is 0.256. The fraction of sp³-hybridized carbons (Fsp3) is 0.185. The van der Waals surface area contributed by atoms with Gasteiger partial charge in [-0.1, -0.05) is 23.2 Å². The van der Waals surface area contributed by atoms with Gasteiger partial charge in [0.05, 0.1) is 6.61 Å². The number of hydrogen-bond donors (Lipinski definition) is 4. The second-order valence-electron chi connectivity index (χ2n) is 9.34. The summed E-state index contributed by atoms with van der Waals surface area (Å²) in [7, 11) is 0. The molecular weight excluding hydrogens is 499 g/mol. The molecule has 5 heterocycles. The molecule has 0 saturated carbocycles. The van der Waals surface area contributed by atoms with Crippen molar-refractivity contribution in [3.8, 4) is 0 Å². The lowest BCUT2D eigenvalue weighted by Gasteiger charge is -2.31. The van der Waals surface area contributed by atoms with Crippen LogP contribution < -0.4 is 9.13 Å². The maximum atomic E-state index is 11.4. The molecular formula is C27H22Cl2N4O3+2. The lowest BCUT2D eigenvalue weighted by atomic mass is 10.00. The van der Waals surface area contributed by atoms with E-state index in [1.165, 1.54) is 0 Å². The first-order valence-electron chi connectivity index (χ1n) is 11.7. The van der Waals surface area contributed by atoms with E-state index >= 15 is 0 Å². The van der Waals surface area contributed by atoms with Crippen molar-refractivity contribution < 1.29 is 24.1 Å². The van der Waals surface area contributed by atoms with Crippen molar-refractivity contribution in [1.82, 2.24) is 9.97 Å². The Kier molecular flexibility index (Phi) is 4.99. The van der Waals surface area contributed by atoms with Crippen molar-refractivity contribution >= 4 is 66.8 Å². The van der Waals surface area contributed by atoms with Gasteiger partial charge in [0.25, 0.3) is 6.23 Å². The summed E-state index contributed by atoms with van der Waals surface area (Å²) in [5, 5.41) is 27.7. The number of halogens is 2. The number of H-pyrrole nitrogens is 2. The molecule has 36 heavy (non-hydrogen) atoms. The monoisotopic (exact) mass is 520 g/mol. The van der Waals surface area contributed by atoms with E-state index in [0.717, 1.165) is 43.6 Å². The zero-order valence-corrected chi connectivity index (χ0v) is 20.4. The molecule has 4 aromatic heterocycles. The standard InChI is InChI=1S/C27H20Cl2N4O3/c28-14-1-3-20-18(9-14)16-5-7-32(11-22(16)30-20)25-24(34)13-36-27(26(25)35)33-8-6-17-19-10-15(29)2-4-21(19)31-23(17)12-33/h1-12,24-27,34-35H,13H2/p+2/t24-,25+,26-,27-/m1/s1. The van der Waals surface area contributed by atoms with Crippen LogP contribution in [-0.4, -0.2) is 39.0 Å². The molecule has 6 aromatic rings. The molecule has 0 unspecified atom stereocenters. The molecule has 180 valence electrons. The smallest absolute Gasteiger partial charge is 0.295 e. The number of aromatic amines is 2. The fourth-order valence-electron chi connectivity index (χ4n) is 5.45. The second kappa shape index (κ2) is 8.16. The van der Waals surface area contributed by atoms with Crippen molar-refractivity contribution in [1.29, 1.82) is 0 Å². The summed E-state index contributed by atoms with van der Waals surface area (Å²) in [6.45, 7) is 0.0904. The first-order valence-corrected chi connectivity index (χ1v) is 12.4. The van der Waals surface area contributed by atoms with E-state index in [2.05, 4.69) is 9.97 Å². The topological polar surface area (TPSA) is 89.0 Å². The third-order valence-electron chi connectivity index (χ3n) is 7.16. The molecule has 4 atom stereocenters. The van der Waals surface area contributed by atoms with Crippen LogP contribution in [0.4, 0.5) is 0 Å². The SMILES string of the molecule is O[C@@H]1[C@@H]([n+]2ccc3c(c2)[nH]c2ccc(Cl)cc23)[C@H](O)CO[C@H]1[n+]1ccc2c(c1)[nH]c1ccc(Cl)cc12. The minimum atomic E-state index is -1.00. The lowest BCUT2D eigenvalue weighted by molar-refractivity contribution is -0.806. The normalized spacial score (nSPS) is 22.8. The third-order valence-corrected chi connectivity index (χ3v) is 7.63. The van der Waals surface area contributed by atoms with Gasteiger partial charge >= 0.3 is 0 Å². The molecule has 4 N–H and O–H groups in total. The van der Waals surface area contributed by atoms with Gasteiger partial charge in [0.2, 0.25) is 12.1 Å². The van der Waals surface area contributed by atoms with Crippen LogP contribution in [-0.2, 0) is 4.74 Å². The molecule has 1 aliphatic rings. The van der Waals surface area contributed by atoms with Crippen LogP contribution in [0.5, 0.6) is 0 Å². The zero-order valence-electron chi connectivity index (χ0n) is 18.9. The van der Waals surface area contributed by atoms with Gasteiger partial charge in [-0.05, 0) is 36.4 Å². The van der Waals surface area contributed by atoms with Gasteiger partial charge in [-0.2, -0.15) is 9.13 Å². The van der Waals surface area contributed by atoms with E-state index < -0.39 is 24.5 Å². The van der Waals surface area contributed by atoms with E-state index in [1.54, 1.807) is 0 Å². The van der Waals surface area contributed by atoms with E-state index in [9.17, 15) is 10.2 Å². The predicted molar refractivity (Wildman–Crippen MR) is 138 cm³/mol. The third kappa shape index (κ3) is 3.39. The van der Waals surface area contributed by atoms with Crippen molar-refractivity contribution in [2.75, 3.05) is 6.61 Å². The summed E-state index contributed by atoms with van der Waals surface area (Å²) in [5.41, 5.74) is 3.75. The molecule has 0 spiro atoms. The number of rotatable bonds is 2. The molecule has 0 bridgehead atoms. The largest absolute Gasteiger partial charge is 0.384 e. The number of hydrogen-bond acceptors (Lipinski definition) is 3. The van der Waals surface area contributed by atoms with Gasteiger partial charge in [0.1, 0.15) is 17.1 Å². The first-order chi connectivity index (χ1) is 17.5. The van der Waals surface area contributed by atoms with E-state index in [-0.39, 0.29) is 6.61 Å². The maximum absolute atomic E-state index is 11.4. The van der Waals surface area contributed by atoms with Crippen LogP contribution >= 0.6 is 23.2 Å². The summed E-state index contributed by atoms with van der Waals surface area (Å²) >= 11 is 12.4. The number of ether oxygens (including phenoxy) is 1. The Hall–Kier alpha value is -3.20. The van der Waals surface area contributed by atoms with E-state index in [4.69, 9.17) is 27.9 Å². The molecule has 0 amide bonds. The first kappa shape index (κ1) is 22.0. The van der Waals surface area contributed by atoms with E-state index in [0.29, 0.717) is 10.0 Å². The molecule has 0 radical (unpaired) electrons. The van der Waals surface area contributed by atoms with E-state index in [1.807, 2.05) is 82.5 Å². The Morgan fingerprint density at radius 3 is 1.89 bits per heavy atom. The number of aliphatic hydroxyl groups excluding tert-OH is 2. The van der Waals surface area contributed by atoms with Crippen LogP contribution in [0.3, 0.4) is 0 Å². The van der Waals surface area contributed by atoms with Crippen molar-refractivity contribution in [3.63, 3.8) is 0 Å².